The molecule has 0 fully saturated rings. The van der Waals surface area contributed by atoms with E-state index in [1.54, 1.807) is 0 Å². The van der Waals surface area contributed by atoms with Gasteiger partial charge < -0.3 is 37.6 Å². The Morgan fingerprint density at radius 1 is 1.17 bits per heavy atom. The van der Waals surface area contributed by atoms with Crippen molar-refractivity contribution >= 4 is 11.9 Å². The third-order valence-corrected chi connectivity index (χ3v) is 0.646. The van der Waals surface area contributed by atoms with Crippen LogP contribution in [0.5, 0.6) is 0 Å². The highest BCUT2D eigenvalue weighted by molar-refractivity contribution is 5.89. The summed E-state index contributed by atoms with van der Waals surface area (Å²) in [6.45, 7) is 2.91. The van der Waals surface area contributed by atoms with Gasteiger partial charge in [0.1, 0.15) is 0 Å². The second-order valence-electron chi connectivity index (χ2n) is 1.44. The summed E-state index contributed by atoms with van der Waals surface area (Å²) in [7, 11) is 0. The van der Waals surface area contributed by atoms with Crippen LogP contribution in [0.1, 0.15) is 6.42 Å². The summed E-state index contributed by atoms with van der Waals surface area (Å²) in [6.07, 6.45) is -0.678. The summed E-state index contributed by atoms with van der Waals surface area (Å²) in [5, 5.41) is 19.4. The van der Waals surface area contributed by atoms with Crippen molar-refractivity contribution in [3.63, 3.8) is 0 Å². The van der Waals surface area contributed by atoms with Crippen LogP contribution in [0, 0.1) is 0 Å². The lowest BCUT2D eigenvalue weighted by Crippen LogP contribution is -2.29. The molecule has 12 heavy (non-hydrogen) atoms. The molecule has 0 aromatic heterocycles. The van der Waals surface area contributed by atoms with Crippen molar-refractivity contribution in [3.8, 4) is 0 Å². The molecule has 7 heteroatoms. The van der Waals surface area contributed by atoms with Gasteiger partial charge in [0.15, 0.2) is 0 Å². The van der Waals surface area contributed by atoms with Crippen LogP contribution >= 0.6 is 0 Å². The van der Waals surface area contributed by atoms with Gasteiger partial charge in [0, 0.05) is 12.4 Å². The average molecular weight is 182 g/mol. The fourth-order valence-electron chi connectivity index (χ4n) is 0.246. The molecule has 0 aliphatic heterocycles. The Bertz CT molecular complexity index is 167. The van der Waals surface area contributed by atoms with E-state index < -0.39 is 23.9 Å². The molecule has 0 atom stereocenters. The van der Waals surface area contributed by atoms with E-state index in [1.165, 1.54) is 0 Å². The minimum atomic E-state index is -1.56. The Morgan fingerprint density at radius 2 is 1.50 bits per heavy atom. The van der Waals surface area contributed by atoms with Gasteiger partial charge in [-0.1, -0.05) is 6.58 Å². The Labute approximate surface area is 69.2 Å². The first-order valence-corrected chi connectivity index (χ1v) is 2.13. The van der Waals surface area contributed by atoms with Crippen molar-refractivity contribution < 1.29 is 25.3 Å². The highest BCUT2D eigenvalue weighted by atomic mass is 16.4. The number of hydrogen-bond donors (Lipinski definition) is 2. The van der Waals surface area contributed by atoms with Crippen LogP contribution in [0.15, 0.2) is 12.2 Å². The molecule has 0 heterocycles. The van der Waals surface area contributed by atoms with Crippen LogP contribution in [0.4, 0.5) is 0 Å². The fourth-order valence-corrected chi connectivity index (χ4v) is 0.246. The maximum absolute atomic E-state index is 9.73. The summed E-state index contributed by atoms with van der Waals surface area (Å²) in [5.74, 6) is -3.02. The van der Waals surface area contributed by atoms with Gasteiger partial charge in [-0.25, -0.2) is 0 Å². The molecule has 0 aromatic carbocycles. The van der Waals surface area contributed by atoms with E-state index in [-0.39, 0.29) is 17.8 Å². The predicted molar refractivity (Wildman–Crippen MR) is 39.4 cm³/mol. The SMILES string of the molecule is C=C(CC(=O)[O-])C(=O)[O-].O.[NH4+].[NH4+]. The van der Waals surface area contributed by atoms with Gasteiger partial charge in [0.25, 0.3) is 0 Å². The first-order valence-electron chi connectivity index (χ1n) is 2.13. The lowest BCUT2D eigenvalue weighted by Gasteiger charge is -2.05. The fraction of sp³-hybridized carbons (Fsp3) is 0.200. The molecule has 0 amide bonds. The molecule has 7 nitrogen and oxygen atoms in total. The van der Waals surface area contributed by atoms with Gasteiger partial charge in [-0.2, -0.15) is 0 Å². The standard InChI is InChI=1S/C5H6O4.2H3N.H2O/c1-3(5(8)9)2-4(6)7;;;/h1-2H2,(H,6,7)(H,8,9);2*1H3;1H2. The monoisotopic (exact) mass is 182 g/mol. The predicted octanol–water partition coefficient (Wildman–Crippen LogP) is -2.64. The first-order chi connectivity index (χ1) is 4.04. The number of rotatable bonds is 3. The zero-order valence-electron chi connectivity index (χ0n) is 7.05. The molecular weight excluding hydrogens is 168 g/mol. The molecule has 74 valence electrons. The Kier molecular flexibility index (Phi) is 17.9. The van der Waals surface area contributed by atoms with Crippen LogP contribution in [0.3, 0.4) is 0 Å². The molecule has 0 aliphatic rings. The van der Waals surface area contributed by atoms with Crippen molar-refractivity contribution in [1.82, 2.24) is 12.3 Å². The molecular formula is C5H14N2O5. The number of carbonyl (C=O) groups is 2. The van der Waals surface area contributed by atoms with Crippen LogP contribution in [0.25, 0.3) is 0 Å². The molecule has 0 aliphatic carbocycles. The highest BCUT2D eigenvalue weighted by Crippen LogP contribution is 1.92. The minimum Gasteiger partial charge on any atom is -0.550 e. The zero-order valence-corrected chi connectivity index (χ0v) is 7.05. The lowest BCUT2D eigenvalue weighted by molar-refractivity contribution is -0.309. The largest absolute Gasteiger partial charge is 0.550 e. The number of aliphatic carboxylic acids is 2. The Hall–Kier alpha value is -1.44. The van der Waals surface area contributed by atoms with Crippen molar-refractivity contribution in [3.05, 3.63) is 12.2 Å². The van der Waals surface area contributed by atoms with E-state index in [4.69, 9.17) is 0 Å². The second-order valence-corrected chi connectivity index (χ2v) is 1.44. The molecule has 0 unspecified atom stereocenters. The van der Waals surface area contributed by atoms with Crippen molar-refractivity contribution in [2.45, 2.75) is 6.42 Å². The smallest absolute Gasteiger partial charge is 0.0672 e. The number of hydrogen-bond acceptors (Lipinski definition) is 4. The molecule has 0 bridgehead atoms. The van der Waals surface area contributed by atoms with Crippen LogP contribution < -0.4 is 22.5 Å². The van der Waals surface area contributed by atoms with E-state index in [1.807, 2.05) is 0 Å². The number of carboxylic acids is 2. The van der Waals surface area contributed by atoms with E-state index >= 15 is 0 Å². The normalized spacial score (nSPS) is 6.33. The van der Waals surface area contributed by atoms with E-state index in [0.717, 1.165) is 0 Å². The molecule has 0 aromatic rings. The van der Waals surface area contributed by atoms with Gasteiger partial charge in [0.2, 0.25) is 0 Å². The molecule has 0 saturated carbocycles. The lowest BCUT2D eigenvalue weighted by atomic mass is 10.2. The van der Waals surface area contributed by atoms with E-state index in [0.29, 0.717) is 0 Å². The molecule has 0 spiro atoms. The Morgan fingerprint density at radius 3 is 1.58 bits per heavy atom. The number of quaternary nitrogens is 2. The first kappa shape index (κ1) is 22.4. The zero-order chi connectivity index (χ0) is 7.44. The summed E-state index contributed by atoms with van der Waals surface area (Å²) in [5.41, 5.74) is -0.477. The topological polar surface area (TPSA) is 185 Å². The van der Waals surface area contributed by atoms with Gasteiger partial charge in [-0.15, -0.1) is 0 Å². The molecule has 10 N–H and O–H groups in total. The number of carbonyl (C=O) groups excluding carboxylic acids is 2. The maximum atomic E-state index is 9.73. The van der Waals surface area contributed by atoms with E-state index in [9.17, 15) is 19.8 Å². The molecule has 0 saturated heterocycles. The van der Waals surface area contributed by atoms with Crippen molar-refractivity contribution in [2.75, 3.05) is 0 Å². The highest BCUT2D eigenvalue weighted by Gasteiger charge is 1.92. The summed E-state index contributed by atoms with van der Waals surface area (Å²) in [6, 6.07) is 0. The van der Waals surface area contributed by atoms with Crippen LogP contribution in [0.2, 0.25) is 0 Å². The number of carboxylic acid groups (broad SMARTS) is 2. The summed E-state index contributed by atoms with van der Waals surface area (Å²) in [4.78, 5) is 19.4. The molecule has 0 radical (unpaired) electrons. The van der Waals surface area contributed by atoms with Gasteiger partial charge in [-0.3, -0.25) is 0 Å². The summed E-state index contributed by atoms with van der Waals surface area (Å²) >= 11 is 0. The Balaban J connectivity index is -0.000000107. The third-order valence-electron chi connectivity index (χ3n) is 0.646. The van der Waals surface area contributed by atoms with E-state index in [2.05, 4.69) is 6.58 Å². The van der Waals surface area contributed by atoms with Crippen LogP contribution in [-0.2, 0) is 9.59 Å². The second kappa shape index (κ2) is 9.56. The minimum absolute atomic E-state index is 0. The third kappa shape index (κ3) is 11.4. The van der Waals surface area contributed by atoms with Gasteiger partial charge >= 0.3 is 0 Å². The quantitative estimate of drug-likeness (QED) is 0.452. The van der Waals surface area contributed by atoms with Crippen molar-refractivity contribution in [2.24, 2.45) is 0 Å². The van der Waals surface area contributed by atoms with Crippen molar-refractivity contribution in [1.29, 1.82) is 0 Å². The maximum Gasteiger partial charge on any atom is 0.0672 e. The molecule has 0 rings (SSSR count). The van der Waals surface area contributed by atoms with Gasteiger partial charge in [-0.05, 0) is 5.57 Å². The van der Waals surface area contributed by atoms with Gasteiger partial charge in [0.05, 0.1) is 5.97 Å². The van der Waals surface area contributed by atoms with Crippen LogP contribution in [-0.4, -0.2) is 17.4 Å². The summed E-state index contributed by atoms with van der Waals surface area (Å²) < 4.78 is 0. The average Bonchev–Trinajstić information content (AvgIpc) is 1.63.